The van der Waals surface area contributed by atoms with Gasteiger partial charge in [0.25, 0.3) is 0 Å². The molecule has 106 valence electrons. The Morgan fingerprint density at radius 1 is 1.05 bits per heavy atom. The molecule has 1 aromatic carbocycles. The number of anilines is 1. The minimum Gasteiger partial charge on any atom is -0.486 e. The lowest BCUT2D eigenvalue weighted by Crippen LogP contribution is -2.07. The van der Waals surface area contributed by atoms with Crippen molar-refractivity contribution in [1.29, 1.82) is 0 Å². The molecule has 4 nitrogen and oxygen atoms in total. The van der Waals surface area contributed by atoms with E-state index in [0.29, 0.717) is 12.4 Å². The van der Waals surface area contributed by atoms with Crippen LogP contribution in [0.4, 0.5) is 5.82 Å². The summed E-state index contributed by atoms with van der Waals surface area (Å²) in [5.74, 6) is 2.39. The van der Waals surface area contributed by atoms with Gasteiger partial charge in [0.1, 0.15) is 18.2 Å². The topological polar surface area (TPSA) is 47.0 Å². The van der Waals surface area contributed by atoms with Crippen LogP contribution in [0.15, 0.2) is 24.3 Å². The number of hydrogen-bond donors (Lipinski definition) is 1. The van der Waals surface area contributed by atoms with Crippen LogP contribution in [0.5, 0.6) is 5.75 Å². The van der Waals surface area contributed by atoms with Gasteiger partial charge in [-0.15, -0.1) is 0 Å². The second-order valence-corrected chi connectivity index (χ2v) is 4.88. The lowest BCUT2D eigenvalue weighted by molar-refractivity contribution is 0.295. The highest BCUT2D eigenvalue weighted by molar-refractivity contribution is 5.36. The van der Waals surface area contributed by atoms with Gasteiger partial charge in [0.15, 0.2) is 5.82 Å². The van der Waals surface area contributed by atoms with Gasteiger partial charge in [0, 0.05) is 18.3 Å². The van der Waals surface area contributed by atoms with Crippen molar-refractivity contribution in [2.45, 2.75) is 34.3 Å². The summed E-state index contributed by atoms with van der Waals surface area (Å²) in [6, 6.07) is 8.01. The molecule has 1 aromatic heterocycles. The van der Waals surface area contributed by atoms with Crippen LogP contribution < -0.4 is 10.1 Å². The summed E-state index contributed by atoms with van der Waals surface area (Å²) in [7, 11) is 0. The van der Waals surface area contributed by atoms with Gasteiger partial charge in [-0.3, -0.25) is 0 Å². The monoisotopic (exact) mass is 271 g/mol. The van der Waals surface area contributed by atoms with Gasteiger partial charge >= 0.3 is 0 Å². The fourth-order valence-electron chi connectivity index (χ4n) is 1.92. The first-order valence-electron chi connectivity index (χ1n) is 6.87. The molecule has 1 N–H and O–H groups in total. The first kappa shape index (κ1) is 14.3. The zero-order valence-electron chi connectivity index (χ0n) is 12.5. The second-order valence-electron chi connectivity index (χ2n) is 4.88. The van der Waals surface area contributed by atoms with E-state index in [2.05, 4.69) is 35.2 Å². The minimum absolute atomic E-state index is 0.378. The van der Waals surface area contributed by atoms with E-state index < -0.39 is 0 Å². The highest BCUT2D eigenvalue weighted by atomic mass is 16.5. The van der Waals surface area contributed by atoms with Crippen LogP contribution in [0.3, 0.4) is 0 Å². The lowest BCUT2D eigenvalue weighted by Gasteiger charge is -2.09. The summed E-state index contributed by atoms with van der Waals surface area (Å²) >= 11 is 0. The maximum atomic E-state index is 5.76. The Bertz CT molecular complexity index is 596. The molecule has 0 fully saturated rings. The molecule has 0 aliphatic heterocycles. The molecule has 0 atom stereocenters. The maximum absolute atomic E-state index is 5.76. The van der Waals surface area contributed by atoms with E-state index in [1.165, 1.54) is 11.1 Å². The van der Waals surface area contributed by atoms with Crippen LogP contribution in [-0.4, -0.2) is 16.5 Å². The second kappa shape index (κ2) is 6.37. The molecule has 0 radical (unpaired) electrons. The van der Waals surface area contributed by atoms with Gasteiger partial charge in [-0.2, -0.15) is 0 Å². The summed E-state index contributed by atoms with van der Waals surface area (Å²) in [6.45, 7) is 9.39. The molecule has 0 aliphatic carbocycles. The van der Waals surface area contributed by atoms with Gasteiger partial charge in [-0.05, 0) is 51.0 Å². The third-order valence-electron chi connectivity index (χ3n) is 3.10. The standard InChI is InChI=1S/C16H21N3O/c1-5-17-15-9-13(4)18-16(19-15)10-20-14-7-6-11(2)12(3)8-14/h6-9H,5,10H2,1-4H3,(H,17,18,19). The van der Waals surface area contributed by atoms with Gasteiger partial charge in [-0.1, -0.05) is 6.07 Å². The highest BCUT2D eigenvalue weighted by Crippen LogP contribution is 2.17. The van der Waals surface area contributed by atoms with Crippen LogP contribution in [0.1, 0.15) is 29.6 Å². The summed E-state index contributed by atoms with van der Waals surface area (Å²) in [6.07, 6.45) is 0. The van der Waals surface area contributed by atoms with E-state index in [1.54, 1.807) is 0 Å². The number of aromatic nitrogens is 2. The third-order valence-corrected chi connectivity index (χ3v) is 3.10. The Labute approximate surface area is 120 Å². The van der Waals surface area contributed by atoms with Crippen LogP contribution in [0.2, 0.25) is 0 Å². The van der Waals surface area contributed by atoms with Gasteiger partial charge in [-0.25, -0.2) is 9.97 Å². The maximum Gasteiger partial charge on any atom is 0.168 e. The number of ether oxygens (including phenoxy) is 1. The van der Waals surface area contributed by atoms with Gasteiger partial charge in [0.2, 0.25) is 0 Å². The molecule has 0 unspecified atom stereocenters. The molecule has 0 aliphatic rings. The summed E-state index contributed by atoms with van der Waals surface area (Å²) < 4.78 is 5.76. The Kier molecular flexibility index (Phi) is 4.56. The first-order valence-corrected chi connectivity index (χ1v) is 6.87. The highest BCUT2D eigenvalue weighted by Gasteiger charge is 2.04. The quantitative estimate of drug-likeness (QED) is 0.905. The van der Waals surface area contributed by atoms with Gasteiger partial charge in [0.05, 0.1) is 0 Å². The summed E-state index contributed by atoms with van der Waals surface area (Å²) in [5.41, 5.74) is 3.43. The Morgan fingerprint density at radius 2 is 1.85 bits per heavy atom. The van der Waals surface area contributed by atoms with E-state index in [9.17, 15) is 0 Å². The Morgan fingerprint density at radius 3 is 2.55 bits per heavy atom. The average molecular weight is 271 g/mol. The molecular formula is C16H21N3O. The van der Waals surface area contributed by atoms with E-state index in [0.717, 1.165) is 23.8 Å². The van der Waals surface area contributed by atoms with Crippen molar-refractivity contribution in [3.05, 3.63) is 46.9 Å². The van der Waals surface area contributed by atoms with E-state index >= 15 is 0 Å². The minimum atomic E-state index is 0.378. The molecule has 1 heterocycles. The number of aryl methyl sites for hydroxylation is 3. The van der Waals surface area contributed by atoms with Crippen molar-refractivity contribution in [1.82, 2.24) is 9.97 Å². The number of nitrogens with zero attached hydrogens (tertiary/aromatic N) is 2. The van der Waals surface area contributed by atoms with Crippen molar-refractivity contribution in [3.8, 4) is 5.75 Å². The van der Waals surface area contributed by atoms with Crippen molar-refractivity contribution in [3.63, 3.8) is 0 Å². The molecule has 2 rings (SSSR count). The van der Waals surface area contributed by atoms with E-state index in [1.807, 2.05) is 32.0 Å². The number of benzene rings is 1. The molecule has 2 aromatic rings. The van der Waals surface area contributed by atoms with Crippen LogP contribution in [0, 0.1) is 20.8 Å². The fraction of sp³-hybridized carbons (Fsp3) is 0.375. The normalized spacial score (nSPS) is 10.4. The number of rotatable bonds is 5. The number of hydrogen-bond acceptors (Lipinski definition) is 4. The van der Waals surface area contributed by atoms with Crippen molar-refractivity contribution in [2.24, 2.45) is 0 Å². The lowest BCUT2D eigenvalue weighted by atomic mass is 10.1. The predicted octanol–water partition coefficient (Wildman–Crippen LogP) is 3.41. The average Bonchev–Trinajstić information content (AvgIpc) is 2.40. The molecule has 20 heavy (non-hydrogen) atoms. The predicted molar refractivity (Wildman–Crippen MR) is 81.2 cm³/mol. The molecule has 0 saturated heterocycles. The van der Waals surface area contributed by atoms with Gasteiger partial charge < -0.3 is 10.1 Å². The van der Waals surface area contributed by atoms with Crippen LogP contribution >= 0.6 is 0 Å². The summed E-state index contributed by atoms with van der Waals surface area (Å²) in [4.78, 5) is 8.83. The SMILES string of the molecule is CCNc1cc(C)nc(COc2ccc(C)c(C)c2)n1. The molecular weight excluding hydrogens is 250 g/mol. The zero-order chi connectivity index (χ0) is 14.5. The number of nitrogens with one attached hydrogen (secondary N) is 1. The molecule has 0 spiro atoms. The Hall–Kier alpha value is -2.10. The van der Waals surface area contributed by atoms with Crippen LogP contribution in [0.25, 0.3) is 0 Å². The molecule has 0 bridgehead atoms. The van der Waals surface area contributed by atoms with Crippen molar-refractivity contribution in [2.75, 3.05) is 11.9 Å². The molecule has 0 amide bonds. The smallest absolute Gasteiger partial charge is 0.168 e. The van der Waals surface area contributed by atoms with Crippen molar-refractivity contribution >= 4 is 5.82 Å². The fourth-order valence-corrected chi connectivity index (χ4v) is 1.92. The largest absolute Gasteiger partial charge is 0.486 e. The van der Waals surface area contributed by atoms with Crippen molar-refractivity contribution < 1.29 is 4.74 Å². The zero-order valence-corrected chi connectivity index (χ0v) is 12.5. The Balaban J connectivity index is 2.08. The van der Waals surface area contributed by atoms with E-state index in [-0.39, 0.29) is 0 Å². The first-order chi connectivity index (χ1) is 9.58. The molecule has 0 saturated carbocycles. The van der Waals surface area contributed by atoms with Crippen LogP contribution in [-0.2, 0) is 6.61 Å². The third kappa shape index (κ3) is 3.70. The summed E-state index contributed by atoms with van der Waals surface area (Å²) in [5, 5.41) is 3.20. The molecule has 4 heteroatoms. The van der Waals surface area contributed by atoms with E-state index in [4.69, 9.17) is 4.74 Å².